The first-order valence-electron chi connectivity index (χ1n) is 10.8. The lowest BCUT2D eigenvalue weighted by Crippen LogP contribution is -2.49. The molecule has 2 unspecified atom stereocenters. The Kier molecular flexibility index (Phi) is 9.70. The number of nitrogens with one attached hydrogen (secondary N) is 2. The maximum atomic E-state index is 10.5. The predicted octanol–water partition coefficient (Wildman–Crippen LogP) is 1.70. The van der Waals surface area contributed by atoms with Gasteiger partial charge in [-0.05, 0) is 52.4 Å². The number of nitrogens with zero attached hydrogens (tertiary/aromatic N) is 3. The van der Waals surface area contributed by atoms with Gasteiger partial charge in [-0.15, -0.1) is 0 Å². The Hall–Kier alpha value is -1.83. The maximum absolute atomic E-state index is 10.5. The summed E-state index contributed by atoms with van der Waals surface area (Å²) < 4.78 is 5.66. The summed E-state index contributed by atoms with van der Waals surface area (Å²) >= 11 is 0. The zero-order chi connectivity index (χ0) is 21.2. The fourth-order valence-corrected chi connectivity index (χ4v) is 3.30. The van der Waals surface area contributed by atoms with Gasteiger partial charge in [-0.1, -0.05) is 12.1 Å². The van der Waals surface area contributed by atoms with Gasteiger partial charge in [-0.2, -0.15) is 0 Å². The first kappa shape index (κ1) is 23.4. The second-order valence-electron chi connectivity index (χ2n) is 8.04. The van der Waals surface area contributed by atoms with E-state index in [1.54, 1.807) is 0 Å². The highest BCUT2D eigenvalue weighted by atomic mass is 16.5. The van der Waals surface area contributed by atoms with Crippen molar-refractivity contribution in [2.75, 3.05) is 52.9 Å². The number of aliphatic hydroxyl groups excluding tert-OH is 1. The van der Waals surface area contributed by atoms with E-state index in [4.69, 9.17) is 9.73 Å². The van der Waals surface area contributed by atoms with E-state index in [2.05, 4.69) is 34.4 Å². The average molecular weight is 406 g/mol. The summed E-state index contributed by atoms with van der Waals surface area (Å²) in [5.41, 5.74) is 0.857. The third-order valence-electron chi connectivity index (χ3n) is 5.12. The molecule has 3 N–H and O–H groups in total. The van der Waals surface area contributed by atoms with Crippen LogP contribution >= 0.6 is 0 Å². The molecule has 2 rings (SSSR count). The number of benzene rings is 1. The molecule has 0 aliphatic carbocycles. The van der Waals surface area contributed by atoms with Crippen LogP contribution in [0.25, 0.3) is 0 Å². The van der Waals surface area contributed by atoms with Gasteiger partial charge < -0.3 is 25.4 Å². The number of guanidine groups is 1. The van der Waals surface area contributed by atoms with Crippen molar-refractivity contribution in [1.82, 2.24) is 20.4 Å². The molecule has 7 heteroatoms. The van der Waals surface area contributed by atoms with Crippen LogP contribution in [0.3, 0.4) is 0 Å². The molecule has 1 aromatic carbocycles. The minimum atomic E-state index is -0.609. The van der Waals surface area contributed by atoms with Crippen molar-refractivity contribution in [2.24, 2.45) is 4.99 Å². The molecule has 1 aliphatic heterocycles. The quantitative estimate of drug-likeness (QED) is 0.429. The number of rotatable bonds is 9. The summed E-state index contributed by atoms with van der Waals surface area (Å²) in [6, 6.07) is 8.01. The van der Waals surface area contributed by atoms with Crippen molar-refractivity contribution < 1.29 is 9.84 Å². The van der Waals surface area contributed by atoms with Gasteiger partial charge in [0.15, 0.2) is 5.96 Å². The molecular formula is C22H39N5O2. The Bertz CT molecular complexity index is 612. The van der Waals surface area contributed by atoms with Crippen molar-refractivity contribution in [3.8, 4) is 5.75 Å². The third-order valence-corrected chi connectivity index (χ3v) is 5.12. The van der Waals surface area contributed by atoms with Gasteiger partial charge in [-0.3, -0.25) is 9.89 Å². The smallest absolute Gasteiger partial charge is 0.191 e. The van der Waals surface area contributed by atoms with Crippen molar-refractivity contribution in [3.05, 3.63) is 29.8 Å². The van der Waals surface area contributed by atoms with Crippen LogP contribution in [0, 0.1) is 0 Å². The van der Waals surface area contributed by atoms with Gasteiger partial charge in [0.2, 0.25) is 0 Å². The number of aliphatic hydroxyl groups is 1. The van der Waals surface area contributed by atoms with Gasteiger partial charge in [0.05, 0.1) is 18.8 Å². The molecule has 1 saturated heterocycles. The zero-order valence-corrected chi connectivity index (χ0v) is 18.7. The number of aliphatic imine (C=N–C) groups is 1. The standard InChI is InChI=1S/C22H39N5O2/c1-6-23-22(24-15-18(4)27-13-11-26(5)12-14-27)25-16-21(28)19-7-9-20(10-8-19)29-17(2)3/h7-10,17-18,21,28H,6,11-16H2,1-5H3,(H2,23,24,25). The van der Waals surface area contributed by atoms with E-state index in [0.29, 0.717) is 12.6 Å². The van der Waals surface area contributed by atoms with Crippen LogP contribution in [0.1, 0.15) is 39.4 Å². The Morgan fingerprint density at radius 3 is 2.34 bits per heavy atom. The fraction of sp³-hybridized carbons (Fsp3) is 0.682. The lowest BCUT2D eigenvalue weighted by molar-refractivity contribution is 0.122. The summed E-state index contributed by atoms with van der Waals surface area (Å²) in [6.07, 6.45) is -0.471. The molecule has 0 aromatic heterocycles. The van der Waals surface area contributed by atoms with Crippen LogP contribution in [0.2, 0.25) is 0 Å². The first-order valence-corrected chi connectivity index (χ1v) is 10.8. The molecule has 0 bridgehead atoms. The monoisotopic (exact) mass is 405 g/mol. The predicted molar refractivity (Wildman–Crippen MR) is 120 cm³/mol. The van der Waals surface area contributed by atoms with Crippen LogP contribution in [-0.4, -0.2) is 85.9 Å². The highest BCUT2D eigenvalue weighted by molar-refractivity contribution is 5.79. The van der Waals surface area contributed by atoms with E-state index >= 15 is 0 Å². The van der Waals surface area contributed by atoms with Gasteiger partial charge in [-0.25, -0.2) is 0 Å². The molecule has 1 heterocycles. The van der Waals surface area contributed by atoms with Crippen LogP contribution in [-0.2, 0) is 0 Å². The average Bonchev–Trinajstić information content (AvgIpc) is 2.70. The van der Waals surface area contributed by atoms with Crippen LogP contribution < -0.4 is 15.4 Å². The minimum Gasteiger partial charge on any atom is -0.491 e. The summed E-state index contributed by atoms with van der Waals surface area (Å²) in [6.45, 7) is 14.6. The van der Waals surface area contributed by atoms with Crippen LogP contribution in [0.4, 0.5) is 0 Å². The molecule has 1 aromatic rings. The summed E-state index contributed by atoms with van der Waals surface area (Å²) in [5.74, 6) is 1.56. The van der Waals surface area contributed by atoms with Crippen LogP contribution in [0.5, 0.6) is 5.75 Å². The molecule has 0 amide bonds. The maximum Gasteiger partial charge on any atom is 0.191 e. The lowest BCUT2D eigenvalue weighted by Gasteiger charge is -2.35. The van der Waals surface area contributed by atoms with Gasteiger partial charge in [0, 0.05) is 45.3 Å². The minimum absolute atomic E-state index is 0.138. The van der Waals surface area contributed by atoms with E-state index < -0.39 is 6.10 Å². The van der Waals surface area contributed by atoms with E-state index in [0.717, 1.165) is 56.5 Å². The highest BCUT2D eigenvalue weighted by Gasteiger charge is 2.19. The van der Waals surface area contributed by atoms with E-state index in [-0.39, 0.29) is 6.10 Å². The molecule has 1 aliphatic rings. The summed E-state index contributed by atoms with van der Waals surface area (Å²) in [7, 11) is 2.17. The Labute approximate surface area is 176 Å². The van der Waals surface area contributed by atoms with Crippen molar-refractivity contribution >= 4 is 5.96 Å². The topological polar surface area (TPSA) is 72.4 Å². The number of likely N-dealkylation sites (N-methyl/N-ethyl adjacent to an activating group) is 1. The van der Waals surface area contributed by atoms with E-state index in [1.807, 2.05) is 45.0 Å². The normalized spacial score (nSPS) is 18.5. The number of hydrogen-bond acceptors (Lipinski definition) is 5. The second-order valence-corrected chi connectivity index (χ2v) is 8.04. The Balaban J connectivity index is 1.84. The molecule has 1 fully saturated rings. The third kappa shape index (κ3) is 8.20. The van der Waals surface area contributed by atoms with E-state index in [9.17, 15) is 5.11 Å². The first-order chi connectivity index (χ1) is 13.9. The number of piperazine rings is 1. The van der Waals surface area contributed by atoms with Gasteiger partial charge in [0.1, 0.15) is 5.75 Å². The van der Waals surface area contributed by atoms with Crippen molar-refractivity contribution in [1.29, 1.82) is 0 Å². The van der Waals surface area contributed by atoms with Crippen molar-refractivity contribution in [2.45, 2.75) is 45.9 Å². The molecule has 0 radical (unpaired) electrons. The highest BCUT2D eigenvalue weighted by Crippen LogP contribution is 2.18. The molecule has 0 spiro atoms. The fourth-order valence-electron chi connectivity index (χ4n) is 3.30. The van der Waals surface area contributed by atoms with Crippen LogP contribution in [0.15, 0.2) is 29.3 Å². The lowest BCUT2D eigenvalue weighted by atomic mass is 10.1. The summed E-state index contributed by atoms with van der Waals surface area (Å²) in [5, 5.41) is 17.0. The molecular weight excluding hydrogens is 366 g/mol. The largest absolute Gasteiger partial charge is 0.491 e. The van der Waals surface area contributed by atoms with Gasteiger partial charge >= 0.3 is 0 Å². The summed E-state index contributed by atoms with van der Waals surface area (Å²) in [4.78, 5) is 9.58. The Morgan fingerprint density at radius 2 is 1.76 bits per heavy atom. The molecule has 7 nitrogen and oxygen atoms in total. The number of ether oxygens (including phenoxy) is 1. The molecule has 2 atom stereocenters. The van der Waals surface area contributed by atoms with E-state index in [1.165, 1.54) is 0 Å². The van der Waals surface area contributed by atoms with Gasteiger partial charge in [0.25, 0.3) is 0 Å². The second kappa shape index (κ2) is 12.0. The molecule has 0 saturated carbocycles. The SMILES string of the molecule is CCNC(=NCC(C)N1CCN(C)CC1)NCC(O)c1ccc(OC(C)C)cc1. The molecule has 29 heavy (non-hydrogen) atoms. The molecule has 164 valence electrons. The Morgan fingerprint density at radius 1 is 1.10 bits per heavy atom. The van der Waals surface area contributed by atoms with Crippen molar-refractivity contribution in [3.63, 3.8) is 0 Å². The zero-order valence-electron chi connectivity index (χ0n) is 18.7. The number of hydrogen-bond donors (Lipinski definition) is 3.